The van der Waals surface area contributed by atoms with Crippen molar-refractivity contribution in [2.45, 2.75) is 18.3 Å². The van der Waals surface area contributed by atoms with Gasteiger partial charge >= 0.3 is 6.18 Å². The van der Waals surface area contributed by atoms with E-state index >= 15 is 0 Å². The van der Waals surface area contributed by atoms with Crippen LogP contribution < -0.4 is 19.1 Å². The monoisotopic (exact) mass is 427 g/mol. The molecule has 1 fully saturated rings. The second kappa shape index (κ2) is 7.23. The zero-order valence-corrected chi connectivity index (χ0v) is 16.0. The van der Waals surface area contributed by atoms with Gasteiger partial charge < -0.3 is 14.2 Å². The minimum atomic E-state index is -4.52. The minimum absolute atomic E-state index is 0.0870. The molecule has 3 aromatic rings. The Labute approximate surface area is 175 Å². The van der Waals surface area contributed by atoms with E-state index in [2.05, 4.69) is 0 Å². The molecule has 0 bridgehead atoms. The lowest BCUT2D eigenvalue weighted by Gasteiger charge is -2.46. The summed E-state index contributed by atoms with van der Waals surface area (Å²) in [5, 5.41) is 0. The van der Waals surface area contributed by atoms with Gasteiger partial charge in [-0.15, -0.1) is 0 Å². The Balaban J connectivity index is 1.53. The maximum atomic E-state index is 13.2. The molecule has 0 N–H and O–H groups in total. The number of hydrogen-bond donors (Lipinski definition) is 0. The van der Waals surface area contributed by atoms with E-state index in [0.717, 1.165) is 12.1 Å². The molecular weight excluding hydrogens is 411 g/mol. The second-order valence-electron chi connectivity index (χ2n) is 7.17. The molecule has 0 saturated carbocycles. The van der Waals surface area contributed by atoms with Crippen molar-refractivity contribution in [3.8, 4) is 17.2 Å². The molecule has 1 saturated heterocycles. The van der Waals surface area contributed by atoms with E-state index in [1.54, 1.807) is 42.5 Å². The van der Waals surface area contributed by atoms with E-state index in [1.807, 2.05) is 6.07 Å². The lowest BCUT2D eigenvalue weighted by Crippen LogP contribution is -2.61. The smallest absolute Gasteiger partial charge is 0.416 e. The summed E-state index contributed by atoms with van der Waals surface area (Å²) >= 11 is 0. The number of ether oxygens (including phenoxy) is 3. The first-order valence-corrected chi connectivity index (χ1v) is 9.53. The van der Waals surface area contributed by atoms with Crippen LogP contribution in [0, 0.1) is 0 Å². The molecular formula is C23H16F3NO4. The standard InChI is InChI=1S/C23H16F3NO4/c24-23(25,26)15-5-4-6-16(12-15)27-20(14-9-10-18-19(11-14)30-13-29-18)21(22(27)28)31-17-7-2-1-3-8-17/h1-12,20-21H,13H2. The predicted octanol–water partition coefficient (Wildman–Crippen LogP) is 4.97. The molecule has 0 radical (unpaired) electrons. The maximum absolute atomic E-state index is 13.2. The number of amides is 1. The van der Waals surface area contributed by atoms with Crippen LogP contribution in [0.5, 0.6) is 17.2 Å². The topological polar surface area (TPSA) is 48.0 Å². The molecule has 2 aliphatic heterocycles. The molecule has 2 atom stereocenters. The molecule has 5 nitrogen and oxygen atoms in total. The first-order chi connectivity index (χ1) is 14.9. The zero-order chi connectivity index (χ0) is 21.6. The molecule has 158 valence electrons. The van der Waals surface area contributed by atoms with Gasteiger partial charge in [0.1, 0.15) is 11.8 Å². The Kier molecular flexibility index (Phi) is 4.50. The van der Waals surface area contributed by atoms with Crippen molar-refractivity contribution < 1.29 is 32.2 Å². The van der Waals surface area contributed by atoms with Crippen molar-refractivity contribution >= 4 is 11.6 Å². The number of para-hydroxylation sites is 1. The molecule has 0 aliphatic carbocycles. The number of hydrogen-bond acceptors (Lipinski definition) is 4. The fourth-order valence-electron chi connectivity index (χ4n) is 3.76. The molecule has 1 amide bonds. The fraction of sp³-hybridized carbons (Fsp3) is 0.174. The van der Waals surface area contributed by atoms with Gasteiger partial charge in [-0.05, 0) is 48.0 Å². The summed E-state index contributed by atoms with van der Waals surface area (Å²) in [7, 11) is 0. The Hall–Kier alpha value is -3.68. The number of alkyl halides is 3. The van der Waals surface area contributed by atoms with Gasteiger partial charge in [0, 0.05) is 5.69 Å². The molecule has 3 aromatic carbocycles. The average Bonchev–Trinajstić information content (AvgIpc) is 3.23. The Bertz CT molecular complexity index is 1130. The minimum Gasteiger partial charge on any atom is -0.478 e. The van der Waals surface area contributed by atoms with Crippen LogP contribution in [0.15, 0.2) is 72.8 Å². The number of carbonyl (C=O) groups excluding carboxylic acids is 1. The Morgan fingerprint density at radius 3 is 2.45 bits per heavy atom. The Morgan fingerprint density at radius 1 is 0.903 bits per heavy atom. The van der Waals surface area contributed by atoms with Gasteiger partial charge in [-0.2, -0.15) is 13.2 Å². The van der Waals surface area contributed by atoms with Crippen molar-refractivity contribution in [2.24, 2.45) is 0 Å². The summed E-state index contributed by atoms with van der Waals surface area (Å²) in [6.07, 6.45) is -5.41. The largest absolute Gasteiger partial charge is 0.478 e. The van der Waals surface area contributed by atoms with Crippen molar-refractivity contribution in [3.63, 3.8) is 0 Å². The first kappa shape index (κ1) is 19.3. The van der Waals surface area contributed by atoms with Crippen LogP contribution >= 0.6 is 0 Å². The molecule has 2 aliphatic rings. The summed E-state index contributed by atoms with van der Waals surface area (Å²) in [6.45, 7) is 0.0870. The van der Waals surface area contributed by atoms with Gasteiger partial charge in [-0.3, -0.25) is 9.69 Å². The quantitative estimate of drug-likeness (QED) is 0.552. The SMILES string of the molecule is O=C1C(Oc2ccccc2)C(c2ccc3c(c2)OCO3)N1c1cccc(C(F)(F)F)c1. The first-order valence-electron chi connectivity index (χ1n) is 9.53. The van der Waals surface area contributed by atoms with Gasteiger partial charge in [0.15, 0.2) is 11.5 Å². The number of carbonyl (C=O) groups is 1. The summed E-state index contributed by atoms with van der Waals surface area (Å²) < 4.78 is 56.4. The second-order valence-corrected chi connectivity index (χ2v) is 7.17. The molecule has 0 aromatic heterocycles. The van der Waals surface area contributed by atoms with Crippen LogP contribution in [0.1, 0.15) is 17.2 Å². The lowest BCUT2D eigenvalue weighted by atomic mass is 9.89. The molecule has 2 heterocycles. The normalized spacial score (nSPS) is 19.8. The molecule has 0 spiro atoms. The third kappa shape index (κ3) is 3.43. The number of fused-ring (bicyclic) bond motifs is 1. The summed E-state index contributed by atoms with van der Waals surface area (Å²) in [5.74, 6) is 1.15. The highest BCUT2D eigenvalue weighted by Crippen LogP contribution is 2.45. The van der Waals surface area contributed by atoms with E-state index < -0.39 is 29.8 Å². The van der Waals surface area contributed by atoms with Crippen LogP contribution in [-0.4, -0.2) is 18.8 Å². The van der Waals surface area contributed by atoms with Crippen LogP contribution in [0.2, 0.25) is 0 Å². The zero-order valence-electron chi connectivity index (χ0n) is 16.0. The van der Waals surface area contributed by atoms with Crippen LogP contribution in [0.4, 0.5) is 18.9 Å². The third-order valence-electron chi connectivity index (χ3n) is 5.24. The molecule has 2 unspecified atom stereocenters. The number of nitrogens with zero attached hydrogens (tertiary/aromatic N) is 1. The van der Waals surface area contributed by atoms with Gasteiger partial charge in [0.25, 0.3) is 5.91 Å². The predicted molar refractivity (Wildman–Crippen MR) is 105 cm³/mol. The van der Waals surface area contributed by atoms with Crippen molar-refractivity contribution in [1.82, 2.24) is 0 Å². The molecule has 5 rings (SSSR count). The van der Waals surface area contributed by atoms with E-state index in [-0.39, 0.29) is 12.5 Å². The van der Waals surface area contributed by atoms with Gasteiger partial charge in [-0.1, -0.05) is 30.3 Å². The fourth-order valence-corrected chi connectivity index (χ4v) is 3.76. The highest BCUT2D eigenvalue weighted by Gasteiger charge is 2.51. The van der Waals surface area contributed by atoms with Crippen molar-refractivity contribution in [2.75, 3.05) is 11.7 Å². The highest BCUT2D eigenvalue weighted by molar-refractivity contribution is 6.05. The number of benzene rings is 3. The van der Waals surface area contributed by atoms with Crippen molar-refractivity contribution in [1.29, 1.82) is 0 Å². The van der Waals surface area contributed by atoms with Crippen LogP contribution in [-0.2, 0) is 11.0 Å². The highest BCUT2D eigenvalue weighted by atomic mass is 19.4. The third-order valence-corrected chi connectivity index (χ3v) is 5.24. The maximum Gasteiger partial charge on any atom is 0.416 e. The average molecular weight is 427 g/mol. The van der Waals surface area contributed by atoms with Crippen LogP contribution in [0.25, 0.3) is 0 Å². The van der Waals surface area contributed by atoms with E-state index in [4.69, 9.17) is 14.2 Å². The summed E-state index contributed by atoms with van der Waals surface area (Å²) in [4.78, 5) is 14.3. The van der Waals surface area contributed by atoms with E-state index in [9.17, 15) is 18.0 Å². The summed E-state index contributed by atoms with van der Waals surface area (Å²) in [5.41, 5.74) is -0.00717. The summed E-state index contributed by atoms with van der Waals surface area (Å²) in [6, 6.07) is 18.1. The number of anilines is 1. The van der Waals surface area contributed by atoms with Crippen molar-refractivity contribution in [3.05, 3.63) is 83.9 Å². The Morgan fingerprint density at radius 2 is 1.68 bits per heavy atom. The number of β-lactam (4-membered cyclic amide) rings is 1. The van der Waals surface area contributed by atoms with Crippen LogP contribution in [0.3, 0.4) is 0 Å². The molecule has 31 heavy (non-hydrogen) atoms. The number of halogens is 3. The molecule has 8 heteroatoms. The van der Waals surface area contributed by atoms with E-state index in [0.29, 0.717) is 22.8 Å². The lowest BCUT2D eigenvalue weighted by molar-refractivity contribution is -0.138. The van der Waals surface area contributed by atoms with E-state index in [1.165, 1.54) is 17.0 Å². The van der Waals surface area contributed by atoms with Gasteiger partial charge in [0.2, 0.25) is 12.9 Å². The van der Waals surface area contributed by atoms with Gasteiger partial charge in [0.05, 0.1) is 5.56 Å². The van der Waals surface area contributed by atoms with Gasteiger partial charge in [-0.25, -0.2) is 0 Å². The number of rotatable bonds is 4.